The van der Waals surface area contributed by atoms with E-state index in [4.69, 9.17) is 9.47 Å². The van der Waals surface area contributed by atoms with Crippen LogP contribution in [0.2, 0.25) is 0 Å². The largest absolute Gasteiger partial charge is 0.460 e. The normalized spacial score (nSPS) is 16.8. The molecule has 0 N–H and O–H groups in total. The highest BCUT2D eigenvalue weighted by Crippen LogP contribution is 2.26. The van der Waals surface area contributed by atoms with Gasteiger partial charge in [-0.25, -0.2) is 9.80 Å². The highest BCUT2D eigenvalue weighted by atomic mass is 16.6. The van der Waals surface area contributed by atoms with E-state index in [0.717, 1.165) is 5.69 Å². The average molecular weight is 391 g/mol. The van der Waals surface area contributed by atoms with Crippen molar-refractivity contribution in [2.75, 3.05) is 20.2 Å². The number of carbonyl (C=O) groups is 3. The van der Waals surface area contributed by atoms with Crippen molar-refractivity contribution in [3.8, 4) is 0 Å². The summed E-state index contributed by atoms with van der Waals surface area (Å²) in [6, 6.07) is 0. The van der Waals surface area contributed by atoms with Gasteiger partial charge in [0.1, 0.15) is 17.9 Å². The first-order valence-electron chi connectivity index (χ1n) is 9.09. The highest BCUT2D eigenvalue weighted by Gasteiger charge is 2.34. The van der Waals surface area contributed by atoms with Crippen LogP contribution in [0.25, 0.3) is 0 Å². The smallest absolute Gasteiger partial charge is 0.410 e. The van der Waals surface area contributed by atoms with Crippen LogP contribution in [0.3, 0.4) is 0 Å². The van der Waals surface area contributed by atoms with E-state index in [0.29, 0.717) is 29.9 Å². The lowest BCUT2D eigenvalue weighted by atomic mass is 10.1. The van der Waals surface area contributed by atoms with Gasteiger partial charge in [-0.1, -0.05) is 0 Å². The number of nitrogens with zero attached hydrogens (tertiary/aromatic N) is 5. The summed E-state index contributed by atoms with van der Waals surface area (Å²) in [7, 11) is 1.54. The first-order chi connectivity index (χ1) is 13.0. The zero-order valence-electron chi connectivity index (χ0n) is 16.8. The summed E-state index contributed by atoms with van der Waals surface area (Å²) in [5, 5.41) is 9.99. The van der Waals surface area contributed by atoms with Gasteiger partial charge in [-0.3, -0.25) is 14.3 Å². The third-order valence-electron chi connectivity index (χ3n) is 4.32. The summed E-state index contributed by atoms with van der Waals surface area (Å²) >= 11 is 0. The van der Waals surface area contributed by atoms with Crippen molar-refractivity contribution >= 4 is 23.7 Å². The van der Waals surface area contributed by atoms with Crippen LogP contribution in [0.4, 0.5) is 4.79 Å². The minimum absolute atomic E-state index is 0.0129. The average Bonchev–Trinajstić information content (AvgIpc) is 2.88. The monoisotopic (exact) mass is 391 g/mol. The fraction of sp³-hybridized carbons (Fsp3) is 0.611. The molecule has 10 heteroatoms. The van der Waals surface area contributed by atoms with Crippen LogP contribution in [0.1, 0.15) is 49.4 Å². The summed E-state index contributed by atoms with van der Waals surface area (Å²) in [4.78, 5) is 38.0. The molecule has 0 unspecified atom stereocenters. The second-order valence-electron chi connectivity index (χ2n) is 7.86. The Morgan fingerprint density at radius 3 is 2.57 bits per heavy atom. The van der Waals surface area contributed by atoms with Crippen LogP contribution in [0, 0.1) is 0 Å². The number of carbonyl (C=O) groups excluding carboxylic acids is 3. The molecule has 1 aromatic heterocycles. The minimum atomic E-state index is -0.594. The molecule has 0 spiro atoms. The van der Waals surface area contributed by atoms with Crippen LogP contribution in [0.15, 0.2) is 5.10 Å². The predicted octanol–water partition coefficient (Wildman–Crippen LogP) is 1.18. The molecule has 3 rings (SSSR count). The van der Waals surface area contributed by atoms with Crippen LogP contribution in [0.5, 0.6) is 0 Å². The molecule has 2 aliphatic heterocycles. The number of esters is 1. The van der Waals surface area contributed by atoms with Gasteiger partial charge >= 0.3 is 12.1 Å². The lowest BCUT2D eigenvalue weighted by molar-refractivity contribution is -0.139. The van der Waals surface area contributed by atoms with Gasteiger partial charge in [0.05, 0.1) is 24.5 Å². The predicted molar refractivity (Wildman–Crippen MR) is 98.7 cm³/mol. The Hall–Kier alpha value is -2.91. The number of hydrogen-bond acceptors (Lipinski definition) is 7. The van der Waals surface area contributed by atoms with Crippen LogP contribution < -0.4 is 0 Å². The maximum atomic E-state index is 12.9. The van der Waals surface area contributed by atoms with Gasteiger partial charge in [-0.05, 0) is 20.8 Å². The zero-order valence-corrected chi connectivity index (χ0v) is 16.8. The molecular weight excluding hydrogens is 366 g/mol. The van der Waals surface area contributed by atoms with Gasteiger partial charge in [0.15, 0.2) is 0 Å². The van der Waals surface area contributed by atoms with Crippen LogP contribution in [-0.2, 0) is 33.8 Å². The molecule has 0 aliphatic carbocycles. The molecule has 0 bridgehead atoms. The van der Waals surface area contributed by atoms with Crippen LogP contribution >= 0.6 is 0 Å². The molecule has 0 atom stereocenters. The lowest BCUT2D eigenvalue weighted by Gasteiger charge is -2.30. The second kappa shape index (κ2) is 7.25. The molecule has 152 valence electrons. The van der Waals surface area contributed by atoms with E-state index in [-0.39, 0.29) is 25.6 Å². The molecular formula is C18H25N5O5. The van der Waals surface area contributed by atoms with Crippen molar-refractivity contribution in [2.45, 2.75) is 52.8 Å². The molecule has 0 aromatic carbocycles. The molecule has 2 aliphatic rings. The third-order valence-corrected chi connectivity index (χ3v) is 4.32. The first-order valence-corrected chi connectivity index (χ1v) is 9.09. The Balaban J connectivity index is 1.86. The SMILES string of the molecule is CC(=O)OCC1=NN(C)C(=O)c2c3c(nn2C1)CCN(C(=O)OC(C)(C)C)C3. The number of rotatable bonds is 2. The number of amides is 2. The molecule has 0 saturated heterocycles. The number of hydrazone groups is 1. The topological polar surface area (TPSA) is 106 Å². The lowest BCUT2D eigenvalue weighted by Crippen LogP contribution is -2.40. The van der Waals surface area contributed by atoms with Crippen molar-refractivity contribution < 1.29 is 23.9 Å². The summed E-state index contributed by atoms with van der Waals surface area (Å²) in [5.74, 6) is -0.744. The Morgan fingerprint density at radius 2 is 1.93 bits per heavy atom. The maximum Gasteiger partial charge on any atom is 0.410 e. The fourth-order valence-electron chi connectivity index (χ4n) is 3.14. The molecule has 0 fully saturated rings. The molecule has 28 heavy (non-hydrogen) atoms. The highest BCUT2D eigenvalue weighted by molar-refractivity contribution is 5.98. The summed E-state index contributed by atoms with van der Waals surface area (Å²) in [5.41, 5.74) is 1.80. The molecule has 2 amide bonds. The van der Waals surface area contributed by atoms with Crippen molar-refractivity contribution in [1.29, 1.82) is 0 Å². The second-order valence-corrected chi connectivity index (χ2v) is 7.86. The number of aromatic nitrogens is 2. The van der Waals surface area contributed by atoms with E-state index in [1.54, 1.807) is 16.6 Å². The van der Waals surface area contributed by atoms with E-state index in [2.05, 4.69) is 10.2 Å². The molecule has 3 heterocycles. The van der Waals surface area contributed by atoms with Crippen molar-refractivity contribution in [2.24, 2.45) is 5.10 Å². The van der Waals surface area contributed by atoms with Crippen LogP contribution in [-0.4, -0.2) is 69.2 Å². The van der Waals surface area contributed by atoms with Gasteiger partial charge in [0, 0.05) is 32.5 Å². The van der Waals surface area contributed by atoms with Crippen molar-refractivity contribution in [3.05, 3.63) is 17.0 Å². The van der Waals surface area contributed by atoms with Gasteiger partial charge in [0.25, 0.3) is 5.91 Å². The van der Waals surface area contributed by atoms with Gasteiger partial charge in [0.2, 0.25) is 0 Å². The first kappa shape index (κ1) is 19.8. The molecule has 1 aromatic rings. The van der Waals surface area contributed by atoms with Gasteiger partial charge in [-0.15, -0.1) is 0 Å². The molecule has 0 saturated carbocycles. The van der Waals surface area contributed by atoms with E-state index in [1.165, 1.54) is 11.9 Å². The summed E-state index contributed by atoms with van der Waals surface area (Å²) in [6.07, 6.45) is 0.112. The molecule has 10 nitrogen and oxygen atoms in total. The Labute approximate surface area is 163 Å². The Morgan fingerprint density at radius 1 is 1.21 bits per heavy atom. The summed E-state index contributed by atoms with van der Waals surface area (Å²) < 4.78 is 12.0. The summed E-state index contributed by atoms with van der Waals surface area (Å²) in [6.45, 7) is 7.69. The Bertz CT molecular complexity index is 851. The van der Waals surface area contributed by atoms with Crippen molar-refractivity contribution in [3.63, 3.8) is 0 Å². The Kier molecular flexibility index (Phi) is 5.14. The fourth-order valence-corrected chi connectivity index (χ4v) is 3.14. The maximum absolute atomic E-state index is 12.9. The van der Waals surface area contributed by atoms with Gasteiger partial charge < -0.3 is 14.4 Å². The number of hydrogen-bond donors (Lipinski definition) is 0. The number of ether oxygens (including phenoxy) is 2. The van der Waals surface area contributed by atoms with Gasteiger partial charge in [-0.2, -0.15) is 10.2 Å². The van der Waals surface area contributed by atoms with E-state index >= 15 is 0 Å². The quantitative estimate of drug-likeness (QED) is 0.701. The minimum Gasteiger partial charge on any atom is -0.460 e. The standard InChI is InChI=1S/C18H25N5O5/c1-11(24)27-10-12-8-23-15(16(25)21(5)19-12)13-9-22(7-6-14(13)20-23)17(26)28-18(2,3)4/h6-10H2,1-5H3. The van der Waals surface area contributed by atoms with E-state index in [9.17, 15) is 14.4 Å². The van der Waals surface area contributed by atoms with E-state index < -0.39 is 17.7 Å². The number of fused-ring (bicyclic) bond motifs is 3. The molecule has 0 radical (unpaired) electrons. The van der Waals surface area contributed by atoms with Crippen molar-refractivity contribution in [1.82, 2.24) is 19.7 Å². The zero-order chi connectivity index (χ0) is 20.6. The third kappa shape index (κ3) is 4.15. The van der Waals surface area contributed by atoms with E-state index in [1.807, 2.05) is 20.8 Å².